The zero-order valence-electron chi connectivity index (χ0n) is 10.4. The van der Waals surface area contributed by atoms with Crippen LogP contribution in [0.3, 0.4) is 0 Å². The predicted molar refractivity (Wildman–Crippen MR) is 74.4 cm³/mol. The normalized spacial score (nSPS) is 20.2. The van der Waals surface area contributed by atoms with Crippen molar-refractivity contribution in [1.82, 2.24) is 5.32 Å². The molecule has 1 atom stereocenters. The third-order valence-corrected chi connectivity index (χ3v) is 4.29. The Morgan fingerprint density at radius 3 is 2.88 bits per heavy atom. The molecule has 0 aliphatic heterocycles. The van der Waals surface area contributed by atoms with Gasteiger partial charge in [-0.1, -0.05) is 25.3 Å². The Labute approximate surface area is 107 Å². The number of hydrogen-bond acceptors (Lipinski definition) is 2. The van der Waals surface area contributed by atoms with Gasteiger partial charge in [-0.15, -0.1) is 11.3 Å². The standard InChI is InChI=1S/C13H21N3S/c1-10(12-8-5-9-17-12)15-13(14)16-11-6-3-2-4-7-11/h5,8-11H,2-4,6-7H2,1H3,(H3,14,15,16). The van der Waals surface area contributed by atoms with Crippen molar-refractivity contribution in [3.05, 3.63) is 22.4 Å². The van der Waals surface area contributed by atoms with Gasteiger partial charge in [0.15, 0.2) is 5.96 Å². The molecule has 1 heterocycles. The molecule has 1 aliphatic rings. The van der Waals surface area contributed by atoms with E-state index >= 15 is 0 Å². The van der Waals surface area contributed by atoms with Crippen LogP contribution in [0.5, 0.6) is 0 Å². The summed E-state index contributed by atoms with van der Waals surface area (Å²) in [5.41, 5.74) is 5.96. The van der Waals surface area contributed by atoms with Gasteiger partial charge in [0, 0.05) is 4.88 Å². The minimum atomic E-state index is 0.252. The molecule has 1 unspecified atom stereocenters. The number of guanidine groups is 1. The highest BCUT2D eigenvalue weighted by Gasteiger charge is 2.13. The van der Waals surface area contributed by atoms with Gasteiger partial charge in [0.25, 0.3) is 0 Å². The summed E-state index contributed by atoms with van der Waals surface area (Å²) in [7, 11) is 0. The first kappa shape index (κ1) is 12.4. The number of nitrogens with two attached hydrogens (primary N) is 1. The molecule has 1 fully saturated rings. The van der Waals surface area contributed by atoms with Gasteiger partial charge in [-0.3, -0.25) is 4.99 Å². The molecule has 3 nitrogen and oxygen atoms in total. The molecule has 1 aromatic heterocycles. The molecular weight excluding hydrogens is 230 g/mol. The first-order chi connectivity index (χ1) is 8.25. The van der Waals surface area contributed by atoms with E-state index in [9.17, 15) is 0 Å². The zero-order chi connectivity index (χ0) is 12.1. The summed E-state index contributed by atoms with van der Waals surface area (Å²) >= 11 is 1.75. The lowest BCUT2D eigenvalue weighted by Gasteiger charge is -2.19. The number of thiophene rings is 1. The average Bonchev–Trinajstić information content (AvgIpc) is 2.83. The number of aliphatic imine (C=N–C) groups is 1. The molecule has 3 N–H and O–H groups in total. The molecule has 1 aromatic rings. The van der Waals surface area contributed by atoms with Crippen LogP contribution in [-0.2, 0) is 0 Å². The summed E-state index contributed by atoms with van der Waals surface area (Å²) in [6.07, 6.45) is 6.32. The van der Waals surface area contributed by atoms with Gasteiger partial charge in [-0.05, 0) is 31.2 Å². The maximum absolute atomic E-state index is 5.96. The first-order valence-electron chi connectivity index (χ1n) is 6.39. The van der Waals surface area contributed by atoms with Gasteiger partial charge < -0.3 is 11.1 Å². The van der Waals surface area contributed by atoms with Gasteiger partial charge in [0.1, 0.15) is 0 Å². The van der Waals surface area contributed by atoms with Crippen LogP contribution in [0.4, 0.5) is 0 Å². The van der Waals surface area contributed by atoms with Crippen LogP contribution in [0, 0.1) is 0 Å². The smallest absolute Gasteiger partial charge is 0.189 e. The van der Waals surface area contributed by atoms with E-state index in [0.717, 1.165) is 0 Å². The van der Waals surface area contributed by atoms with E-state index in [1.165, 1.54) is 37.0 Å². The molecular formula is C13H21N3S. The summed E-state index contributed by atoms with van der Waals surface area (Å²) in [6.45, 7) is 2.12. The fourth-order valence-corrected chi connectivity index (χ4v) is 3.01. The molecule has 94 valence electrons. The van der Waals surface area contributed by atoms with Crippen molar-refractivity contribution in [2.24, 2.45) is 10.7 Å². The minimum absolute atomic E-state index is 0.252. The number of nitrogens with zero attached hydrogens (tertiary/aromatic N) is 1. The Balaban J connectivity index is 1.87. The van der Waals surface area contributed by atoms with Gasteiger partial charge in [0.2, 0.25) is 0 Å². The molecule has 1 aliphatic carbocycles. The highest BCUT2D eigenvalue weighted by atomic mass is 32.1. The third-order valence-electron chi connectivity index (χ3n) is 3.23. The Kier molecular flexibility index (Phi) is 4.42. The summed E-state index contributed by atoms with van der Waals surface area (Å²) in [6, 6.07) is 4.87. The molecule has 17 heavy (non-hydrogen) atoms. The summed E-state index contributed by atoms with van der Waals surface area (Å²) in [5, 5.41) is 5.35. The topological polar surface area (TPSA) is 50.4 Å². The monoisotopic (exact) mass is 251 g/mol. The number of rotatable bonds is 3. The fraction of sp³-hybridized carbons (Fsp3) is 0.615. The molecule has 0 aromatic carbocycles. The van der Waals surface area contributed by atoms with Crippen molar-refractivity contribution in [1.29, 1.82) is 0 Å². The van der Waals surface area contributed by atoms with Crippen molar-refractivity contribution >= 4 is 17.3 Å². The molecule has 0 radical (unpaired) electrons. The molecule has 0 spiro atoms. The van der Waals surface area contributed by atoms with Crippen LogP contribution in [-0.4, -0.2) is 12.0 Å². The van der Waals surface area contributed by atoms with E-state index in [-0.39, 0.29) is 6.04 Å². The number of hydrogen-bond donors (Lipinski definition) is 2. The van der Waals surface area contributed by atoms with Crippen LogP contribution >= 0.6 is 11.3 Å². The predicted octanol–water partition coefficient (Wildman–Crippen LogP) is 3.05. The van der Waals surface area contributed by atoms with E-state index < -0.39 is 0 Å². The van der Waals surface area contributed by atoms with Gasteiger partial charge in [-0.2, -0.15) is 0 Å². The highest BCUT2D eigenvalue weighted by Crippen LogP contribution is 2.21. The van der Waals surface area contributed by atoms with E-state index in [2.05, 4.69) is 34.7 Å². The largest absolute Gasteiger partial charge is 0.370 e. The van der Waals surface area contributed by atoms with E-state index in [1.54, 1.807) is 11.3 Å². The summed E-state index contributed by atoms with van der Waals surface area (Å²) in [5.74, 6) is 0.595. The fourth-order valence-electron chi connectivity index (χ4n) is 2.27. The van der Waals surface area contributed by atoms with Crippen molar-refractivity contribution in [2.45, 2.75) is 51.1 Å². The first-order valence-corrected chi connectivity index (χ1v) is 7.27. The summed E-state index contributed by atoms with van der Waals surface area (Å²) < 4.78 is 0. The van der Waals surface area contributed by atoms with Gasteiger partial charge in [0.05, 0.1) is 12.1 Å². The Bertz CT molecular complexity index is 353. The van der Waals surface area contributed by atoms with Crippen LogP contribution < -0.4 is 11.1 Å². The SMILES string of the molecule is CC(NC(N)=NC1CCCCC1)c1cccs1. The second-order valence-corrected chi connectivity index (χ2v) is 5.67. The van der Waals surface area contributed by atoms with Crippen LogP contribution in [0.15, 0.2) is 22.5 Å². The van der Waals surface area contributed by atoms with Crippen molar-refractivity contribution in [3.63, 3.8) is 0 Å². The van der Waals surface area contributed by atoms with Crippen LogP contribution in [0.25, 0.3) is 0 Å². The Morgan fingerprint density at radius 2 is 2.24 bits per heavy atom. The number of nitrogens with one attached hydrogen (secondary N) is 1. The van der Waals surface area contributed by atoms with Crippen molar-refractivity contribution in [2.75, 3.05) is 0 Å². The lowest BCUT2D eigenvalue weighted by molar-refractivity contribution is 0.441. The second-order valence-electron chi connectivity index (χ2n) is 4.69. The maximum Gasteiger partial charge on any atom is 0.189 e. The lowest BCUT2D eigenvalue weighted by atomic mass is 9.96. The third kappa shape index (κ3) is 3.73. The molecule has 4 heteroatoms. The molecule has 0 amide bonds. The van der Waals surface area contributed by atoms with Gasteiger partial charge in [-0.25, -0.2) is 0 Å². The Morgan fingerprint density at radius 1 is 1.47 bits per heavy atom. The molecule has 2 rings (SSSR count). The van der Waals surface area contributed by atoms with Crippen LogP contribution in [0.2, 0.25) is 0 Å². The quantitative estimate of drug-likeness (QED) is 0.641. The lowest BCUT2D eigenvalue weighted by Crippen LogP contribution is -2.35. The second kappa shape index (κ2) is 6.05. The maximum atomic E-state index is 5.96. The zero-order valence-corrected chi connectivity index (χ0v) is 11.2. The average molecular weight is 251 g/mol. The van der Waals surface area contributed by atoms with E-state index in [1.807, 2.05) is 0 Å². The van der Waals surface area contributed by atoms with E-state index in [0.29, 0.717) is 12.0 Å². The van der Waals surface area contributed by atoms with Crippen molar-refractivity contribution < 1.29 is 0 Å². The minimum Gasteiger partial charge on any atom is -0.370 e. The highest BCUT2D eigenvalue weighted by molar-refractivity contribution is 7.10. The van der Waals surface area contributed by atoms with Crippen LogP contribution in [0.1, 0.15) is 49.9 Å². The molecule has 0 bridgehead atoms. The summed E-state index contributed by atoms with van der Waals surface area (Å²) in [4.78, 5) is 5.87. The van der Waals surface area contributed by atoms with E-state index in [4.69, 9.17) is 5.73 Å². The molecule has 0 saturated heterocycles. The van der Waals surface area contributed by atoms with Crippen molar-refractivity contribution in [3.8, 4) is 0 Å². The molecule has 1 saturated carbocycles. The van der Waals surface area contributed by atoms with Gasteiger partial charge >= 0.3 is 0 Å². The Hall–Kier alpha value is -1.03.